The second kappa shape index (κ2) is 9.69. The molecule has 9 heteroatoms. The molecule has 0 saturated heterocycles. The number of rotatable bonds is 0. The summed E-state index contributed by atoms with van der Waals surface area (Å²) in [6, 6.07) is 31.8. The second-order valence-electron chi connectivity index (χ2n) is 9.67. The summed E-state index contributed by atoms with van der Waals surface area (Å²) in [6.45, 7) is 0. The Morgan fingerprint density at radius 2 is 0.571 bits per heavy atom. The fraction of sp³-hybridized carbons (Fsp3) is 0.0303. The third-order valence-electron chi connectivity index (χ3n) is 7.33. The predicted octanol–water partition coefficient (Wildman–Crippen LogP) is 6.76. The van der Waals surface area contributed by atoms with E-state index in [0.717, 1.165) is 43.8 Å². The molecule has 8 nitrogen and oxygen atoms in total. The molecule has 0 amide bonds. The van der Waals surface area contributed by atoms with Crippen LogP contribution in [0.3, 0.4) is 0 Å². The van der Waals surface area contributed by atoms with Crippen LogP contribution >= 0.6 is 0 Å². The van der Waals surface area contributed by atoms with Crippen LogP contribution in [0.5, 0.6) is 0 Å². The van der Waals surface area contributed by atoms with Crippen molar-refractivity contribution in [2.75, 3.05) is 0 Å². The summed E-state index contributed by atoms with van der Waals surface area (Å²) in [5.41, 5.74) is 5.78. The van der Waals surface area contributed by atoms with Gasteiger partial charge in [-0.25, -0.2) is 9.97 Å². The number of fused-ring (bicyclic) bond motifs is 20. The number of aromatic nitrogens is 8. The van der Waals surface area contributed by atoms with Crippen molar-refractivity contribution >= 4 is 44.1 Å². The van der Waals surface area contributed by atoms with Crippen LogP contribution in [0.25, 0.3) is 89.7 Å². The average molecular weight is 584 g/mol. The summed E-state index contributed by atoms with van der Waals surface area (Å²) in [6.07, 6.45) is 0. The molecule has 42 heavy (non-hydrogen) atoms. The van der Waals surface area contributed by atoms with Gasteiger partial charge in [-0.15, -0.1) is 0 Å². The molecule has 0 N–H and O–H groups in total. The normalized spacial score (nSPS) is 11.4. The summed E-state index contributed by atoms with van der Waals surface area (Å²) < 4.78 is 0. The predicted molar refractivity (Wildman–Crippen MR) is 161 cm³/mol. The van der Waals surface area contributed by atoms with Gasteiger partial charge in [0.15, 0.2) is 0 Å². The van der Waals surface area contributed by atoms with Crippen LogP contribution in [-0.2, 0) is 17.1 Å². The molecule has 9 rings (SSSR count). The van der Waals surface area contributed by atoms with Gasteiger partial charge in [0.1, 0.15) is 0 Å². The molecule has 0 saturated carbocycles. The fourth-order valence-electron chi connectivity index (χ4n) is 5.46. The van der Waals surface area contributed by atoms with Crippen molar-refractivity contribution < 1.29 is 17.1 Å². The summed E-state index contributed by atoms with van der Waals surface area (Å²) in [5, 5.41) is 3.57. The molecule has 2 aliphatic heterocycles. The molecule has 0 aliphatic carbocycles. The van der Waals surface area contributed by atoms with Gasteiger partial charge in [-0.1, -0.05) is 104 Å². The number of hydrogen-bond acceptors (Lipinski definition) is 6. The van der Waals surface area contributed by atoms with Gasteiger partial charge in [0.05, 0.1) is 23.3 Å². The maximum atomic E-state index is 4.95. The van der Waals surface area contributed by atoms with Crippen molar-refractivity contribution in [1.29, 1.82) is 0 Å². The topological polar surface area (TPSA) is 106 Å². The van der Waals surface area contributed by atoms with Crippen LogP contribution in [-0.4, -0.2) is 29.9 Å². The molecule has 8 bridgehead atoms. The van der Waals surface area contributed by atoms with E-state index in [2.05, 4.69) is 0 Å². The standard InChI is InChI=1S/C32H16N8.CH4.Fe/c1-2-10-18-17(9-1)25-33-26(18)38-28-21-13-5-6-14-22(21)30(35-28)40-32-24-16-8-7-15-23(24)31(36-32)39-29-20-12-4-3-11-19(20)27(34-29)37-25;;/h1-16H;1H4;/q-2;;+2. The molecule has 7 aromatic rings. The fourth-order valence-corrected chi connectivity index (χ4v) is 5.46. The van der Waals surface area contributed by atoms with Gasteiger partial charge in [0, 0.05) is 44.8 Å². The molecule has 0 fully saturated rings. The summed E-state index contributed by atoms with van der Waals surface area (Å²) >= 11 is 0. The Balaban J connectivity index is 0.00000144. The first-order valence-corrected chi connectivity index (χ1v) is 12.9. The Labute approximate surface area is 250 Å². The van der Waals surface area contributed by atoms with E-state index < -0.39 is 0 Å². The average Bonchev–Trinajstić information content (AvgIpc) is 3.73. The Kier molecular flexibility index (Phi) is 5.93. The van der Waals surface area contributed by atoms with Crippen molar-refractivity contribution in [1.82, 2.24) is 39.9 Å². The molecule has 5 heterocycles. The molecule has 4 aromatic carbocycles. The first-order chi connectivity index (χ1) is 19.8. The quantitative estimate of drug-likeness (QED) is 0.180. The van der Waals surface area contributed by atoms with E-state index in [0.29, 0.717) is 45.9 Å². The monoisotopic (exact) mass is 584 g/mol. The largest absolute Gasteiger partial charge is 2.00 e. The van der Waals surface area contributed by atoms with Crippen LogP contribution in [0, 0.1) is 0 Å². The maximum Gasteiger partial charge on any atom is 2.00 e. The number of nitrogens with zero attached hydrogens (tertiary/aromatic N) is 8. The van der Waals surface area contributed by atoms with Crippen LogP contribution in [0.15, 0.2) is 97.1 Å². The first kappa shape index (κ1) is 25.7. The van der Waals surface area contributed by atoms with Gasteiger partial charge in [-0.3, -0.25) is 0 Å². The Hall–Kier alpha value is -5.24. The SMILES string of the molecule is C.[Fe+2].c1ccc2c(c1)-c1nc-2nc2[n-]c(nc3nc(nc4[n-]c(n1)c1ccccc41)-c1ccccc1-3)c1ccccc21. The van der Waals surface area contributed by atoms with Crippen molar-refractivity contribution in [2.24, 2.45) is 0 Å². The Morgan fingerprint density at radius 1 is 0.333 bits per heavy atom. The molecule has 0 atom stereocenters. The summed E-state index contributed by atoms with van der Waals surface area (Å²) in [7, 11) is 0. The molecule has 0 radical (unpaired) electrons. The van der Waals surface area contributed by atoms with E-state index in [1.807, 2.05) is 97.1 Å². The van der Waals surface area contributed by atoms with Crippen LogP contribution in [0.2, 0.25) is 0 Å². The minimum Gasteiger partial charge on any atom is -0.357 e. The van der Waals surface area contributed by atoms with Crippen molar-refractivity contribution in [3.05, 3.63) is 97.1 Å². The second-order valence-corrected chi connectivity index (χ2v) is 9.67. The number of hydrogen-bond donors (Lipinski definition) is 0. The zero-order chi connectivity index (χ0) is 26.2. The maximum absolute atomic E-state index is 4.95. The van der Waals surface area contributed by atoms with Gasteiger partial charge in [-0.2, -0.15) is 0 Å². The molecule has 0 unspecified atom stereocenters. The van der Waals surface area contributed by atoms with Gasteiger partial charge in [0.25, 0.3) is 0 Å². The van der Waals surface area contributed by atoms with E-state index >= 15 is 0 Å². The molecule has 2 aliphatic rings. The third-order valence-corrected chi connectivity index (χ3v) is 7.33. The molecule has 200 valence electrons. The van der Waals surface area contributed by atoms with Gasteiger partial charge < -0.3 is 29.9 Å². The van der Waals surface area contributed by atoms with Gasteiger partial charge in [-0.05, 0) is 21.5 Å². The van der Waals surface area contributed by atoms with Crippen molar-refractivity contribution in [3.63, 3.8) is 0 Å². The molecule has 3 aromatic heterocycles. The van der Waals surface area contributed by atoms with E-state index in [4.69, 9.17) is 39.9 Å². The summed E-state index contributed by atoms with van der Waals surface area (Å²) in [4.78, 5) is 39.3. The van der Waals surface area contributed by atoms with Crippen LogP contribution < -0.4 is 9.97 Å². The van der Waals surface area contributed by atoms with E-state index in [9.17, 15) is 0 Å². The van der Waals surface area contributed by atoms with Crippen LogP contribution in [0.4, 0.5) is 0 Å². The van der Waals surface area contributed by atoms with Crippen molar-refractivity contribution in [3.8, 4) is 45.6 Å². The minimum absolute atomic E-state index is 0. The Bertz CT molecular complexity index is 2030. The zero-order valence-electron chi connectivity index (χ0n) is 21.2. The first-order valence-electron chi connectivity index (χ1n) is 12.9. The third kappa shape index (κ3) is 3.75. The minimum atomic E-state index is 0. The summed E-state index contributed by atoms with van der Waals surface area (Å²) in [5.74, 6) is 2.21. The smallest absolute Gasteiger partial charge is 0.357 e. The van der Waals surface area contributed by atoms with E-state index in [-0.39, 0.29) is 24.5 Å². The number of benzene rings is 4. The Morgan fingerprint density at radius 3 is 0.833 bits per heavy atom. The van der Waals surface area contributed by atoms with Gasteiger partial charge >= 0.3 is 17.1 Å². The molecular weight excluding hydrogens is 564 g/mol. The van der Waals surface area contributed by atoms with E-state index in [1.54, 1.807) is 0 Å². The van der Waals surface area contributed by atoms with Gasteiger partial charge in [0.2, 0.25) is 0 Å². The zero-order valence-corrected chi connectivity index (χ0v) is 22.3. The van der Waals surface area contributed by atoms with Crippen molar-refractivity contribution in [2.45, 2.75) is 7.43 Å². The van der Waals surface area contributed by atoms with Crippen LogP contribution in [0.1, 0.15) is 7.43 Å². The van der Waals surface area contributed by atoms with E-state index in [1.165, 1.54) is 0 Å². The molecular formula is C33H20FeN8. The molecule has 0 spiro atoms.